The van der Waals surface area contributed by atoms with Gasteiger partial charge in [-0.05, 0) is 35.3 Å². The van der Waals surface area contributed by atoms with E-state index in [4.69, 9.17) is 0 Å². The lowest BCUT2D eigenvalue weighted by atomic mass is 9.72. The van der Waals surface area contributed by atoms with Crippen LogP contribution < -0.4 is 0 Å². The number of nitro groups is 1. The molecule has 1 atom stereocenters. The predicted octanol–water partition coefficient (Wildman–Crippen LogP) is 4.43. The van der Waals surface area contributed by atoms with Crippen molar-refractivity contribution in [3.8, 4) is 0 Å². The first-order chi connectivity index (χ1) is 8.37. The van der Waals surface area contributed by atoms with E-state index >= 15 is 0 Å². The van der Waals surface area contributed by atoms with Gasteiger partial charge in [-0.2, -0.15) is 0 Å². The van der Waals surface area contributed by atoms with Crippen molar-refractivity contribution in [2.75, 3.05) is 0 Å². The number of nitrogens with zero attached hydrogens (tertiary/aromatic N) is 1. The second-order valence-electron chi connectivity index (χ2n) is 6.02. The first-order valence-electron chi connectivity index (χ1n) is 6.33. The number of hydrogen-bond acceptors (Lipinski definition) is 2. The van der Waals surface area contributed by atoms with Gasteiger partial charge in [0, 0.05) is 12.1 Å². The summed E-state index contributed by atoms with van der Waals surface area (Å²) in [6.07, 6.45) is 4.41. The van der Waals surface area contributed by atoms with E-state index in [0.717, 1.165) is 12.0 Å². The Morgan fingerprint density at radius 3 is 2.72 bits per heavy atom. The molecule has 0 N–H and O–H groups in total. The summed E-state index contributed by atoms with van der Waals surface area (Å²) >= 11 is 0. The second-order valence-corrected chi connectivity index (χ2v) is 6.02. The van der Waals surface area contributed by atoms with Crippen LogP contribution in [0.3, 0.4) is 0 Å². The zero-order valence-corrected chi connectivity index (χ0v) is 11.1. The summed E-state index contributed by atoms with van der Waals surface area (Å²) in [5.74, 6) is 0.531. The maximum absolute atomic E-state index is 10.8. The molecule has 0 radical (unpaired) electrons. The molecule has 0 amide bonds. The van der Waals surface area contributed by atoms with Crippen LogP contribution in [0.1, 0.15) is 39.2 Å². The molecule has 1 unspecified atom stereocenters. The van der Waals surface area contributed by atoms with E-state index in [1.807, 2.05) is 6.07 Å². The predicted molar refractivity (Wildman–Crippen MR) is 73.3 cm³/mol. The van der Waals surface area contributed by atoms with Crippen LogP contribution in [-0.2, 0) is 0 Å². The van der Waals surface area contributed by atoms with Gasteiger partial charge < -0.3 is 0 Å². The third kappa shape index (κ3) is 2.78. The van der Waals surface area contributed by atoms with Crippen LogP contribution >= 0.6 is 0 Å². The normalized spacial score (nSPS) is 22.4. The van der Waals surface area contributed by atoms with E-state index in [1.165, 1.54) is 12.0 Å². The van der Waals surface area contributed by atoms with Crippen LogP contribution in [0.15, 0.2) is 30.3 Å². The first-order valence-corrected chi connectivity index (χ1v) is 6.33. The molecule has 1 aliphatic rings. The van der Waals surface area contributed by atoms with Gasteiger partial charge in [-0.3, -0.25) is 10.1 Å². The Morgan fingerprint density at radius 2 is 2.11 bits per heavy atom. The largest absolute Gasteiger partial charge is 0.270 e. The highest BCUT2D eigenvalue weighted by Crippen LogP contribution is 2.42. The molecule has 0 spiro atoms. The molecule has 2 rings (SSSR count). The highest BCUT2D eigenvalue weighted by molar-refractivity contribution is 5.68. The molecule has 1 aliphatic carbocycles. The van der Waals surface area contributed by atoms with Crippen molar-refractivity contribution in [3.05, 3.63) is 46.0 Å². The summed E-state index contributed by atoms with van der Waals surface area (Å²) < 4.78 is 0. The van der Waals surface area contributed by atoms with Gasteiger partial charge in [0.1, 0.15) is 0 Å². The molecular formula is C15H19NO2. The van der Waals surface area contributed by atoms with Gasteiger partial charge >= 0.3 is 0 Å². The molecule has 3 heteroatoms. The summed E-state index contributed by atoms with van der Waals surface area (Å²) in [5, 5.41) is 10.8. The number of rotatable bonds is 2. The van der Waals surface area contributed by atoms with Gasteiger partial charge in [0.25, 0.3) is 5.69 Å². The van der Waals surface area contributed by atoms with Crippen LogP contribution in [0, 0.1) is 21.4 Å². The minimum atomic E-state index is -0.332. The summed E-state index contributed by atoms with van der Waals surface area (Å²) in [5.41, 5.74) is 2.67. The van der Waals surface area contributed by atoms with Gasteiger partial charge in [-0.25, -0.2) is 0 Å². The van der Waals surface area contributed by atoms with Gasteiger partial charge in [0.05, 0.1) is 4.92 Å². The third-order valence-corrected chi connectivity index (χ3v) is 3.46. The number of non-ortho nitro benzene ring substituents is 1. The molecule has 0 saturated heterocycles. The minimum absolute atomic E-state index is 0.171. The Morgan fingerprint density at radius 1 is 1.39 bits per heavy atom. The molecule has 0 bridgehead atoms. The van der Waals surface area contributed by atoms with E-state index < -0.39 is 0 Å². The van der Waals surface area contributed by atoms with Gasteiger partial charge in [-0.15, -0.1) is 0 Å². The van der Waals surface area contributed by atoms with Crippen molar-refractivity contribution in [3.63, 3.8) is 0 Å². The fourth-order valence-electron chi connectivity index (χ4n) is 2.94. The fraction of sp³-hybridized carbons (Fsp3) is 0.467. The maximum atomic E-state index is 10.8. The number of hydrogen-bond donors (Lipinski definition) is 0. The molecule has 18 heavy (non-hydrogen) atoms. The van der Waals surface area contributed by atoms with Crippen LogP contribution in [0.5, 0.6) is 0 Å². The lowest BCUT2D eigenvalue weighted by Gasteiger charge is -2.33. The summed E-state index contributed by atoms with van der Waals surface area (Å²) in [6.45, 7) is 6.72. The summed E-state index contributed by atoms with van der Waals surface area (Å²) in [7, 11) is 0. The molecule has 96 valence electrons. The van der Waals surface area contributed by atoms with E-state index in [9.17, 15) is 10.1 Å². The quantitative estimate of drug-likeness (QED) is 0.571. The monoisotopic (exact) mass is 245 g/mol. The van der Waals surface area contributed by atoms with Crippen molar-refractivity contribution < 1.29 is 4.92 Å². The number of allylic oxidation sites excluding steroid dienone is 2. The van der Waals surface area contributed by atoms with Crippen molar-refractivity contribution in [1.29, 1.82) is 0 Å². The number of nitro benzene ring substituents is 1. The van der Waals surface area contributed by atoms with E-state index in [2.05, 4.69) is 26.8 Å². The van der Waals surface area contributed by atoms with E-state index in [1.54, 1.807) is 18.2 Å². The van der Waals surface area contributed by atoms with Crippen molar-refractivity contribution in [1.82, 2.24) is 0 Å². The van der Waals surface area contributed by atoms with Crippen LogP contribution in [0.4, 0.5) is 5.69 Å². The Kier molecular flexibility index (Phi) is 3.24. The van der Waals surface area contributed by atoms with Crippen molar-refractivity contribution in [2.45, 2.75) is 33.6 Å². The van der Waals surface area contributed by atoms with Gasteiger partial charge in [-0.1, -0.05) is 39.0 Å². The molecule has 0 aromatic heterocycles. The topological polar surface area (TPSA) is 43.1 Å². The van der Waals surface area contributed by atoms with Crippen molar-refractivity contribution >= 4 is 11.3 Å². The molecule has 3 nitrogen and oxygen atoms in total. The van der Waals surface area contributed by atoms with Gasteiger partial charge in [0.2, 0.25) is 0 Å². The SMILES string of the molecule is CC1C=C(c2cccc([N+](=O)[O-])c2)CC(C)(C)C1. The summed E-state index contributed by atoms with van der Waals surface area (Å²) in [4.78, 5) is 10.5. The zero-order valence-electron chi connectivity index (χ0n) is 11.1. The standard InChI is InChI=1S/C15H19NO2/c1-11-7-13(10-15(2,3)9-11)12-5-4-6-14(8-12)16(17)18/h4-8,11H,9-10H2,1-3H3. The molecular weight excluding hydrogens is 226 g/mol. The second kappa shape index (κ2) is 4.56. The number of benzene rings is 1. The Bertz CT molecular complexity index is 503. The molecule has 0 aliphatic heterocycles. The molecule has 0 saturated carbocycles. The molecule has 0 heterocycles. The first kappa shape index (κ1) is 12.8. The Labute approximate surface area is 108 Å². The van der Waals surface area contributed by atoms with Crippen LogP contribution in [0.25, 0.3) is 5.57 Å². The zero-order chi connectivity index (χ0) is 13.3. The average molecular weight is 245 g/mol. The van der Waals surface area contributed by atoms with Crippen LogP contribution in [-0.4, -0.2) is 4.92 Å². The fourth-order valence-corrected chi connectivity index (χ4v) is 2.94. The molecule has 1 aromatic carbocycles. The lowest BCUT2D eigenvalue weighted by Crippen LogP contribution is -2.20. The average Bonchev–Trinajstić information content (AvgIpc) is 2.26. The minimum Gasteiger partial charge on any atom is -0.258 e. The van der Waals surface area contributed by atoms with E-state index in [-0.39, 0.29) is 16.0 Å². The Balaban J connectivity index is 2.37. The lowest BCUT2D eigenvalue weighted by molar-refractivity contribution is -0.384. The molecule has 0 fully saturated rings. The van der Waals surface area contributed by atoms with E-state index in [0.29, 0.717) is 5.92 Å². The molecule has 1 aromatic rings. The van der Waals surface area contributed by atoms with Gasteiger partial charge in [0.15, 0.2) is 0 Å². The highest BCUT2D eigenvalue weighted by atomic mass is 16.6. The summed E-state index contributed by atoms with van der Waals surface area (Å²) in [6, 6.07) is 6.95. The maximum Gasteiger partial charge on any atom is 0.270 e. The highest BCUT2D eigenvalue weighted by Gasteiger charge is 2.27. The van der Waals surface area contributed by atoms with Crippen LogP contribution in [0.2, 0.25) is 0 Å². The van der Waals surface area contributed by atoms with Crippen molar-refractivity contribution in [2.24, 2.45) is 11.3 Å². The smallest absolute Gasteiger partial charge is 0.258 e. The Hall–Kier alpha value is -1.64. The third-order valence-electron chi connectivity index (χ3n) is 3.46.